The molecule has 0 aromatic heterocycles. The predicted molar refractivity (Wildman–Crippen MR) is 70.5 cm³/mol. The Morgan fingerprint density at radius 3 is 2.33 bits per heavy atom. The maximum Gasteiger partial charge on any atom is 0.129 e. The molecule has 0 saturated carbocycles. The molecule has 0 fully saturated rings. The normalized spacial score (nSPS) is 13.1. The molecule has 2 heteroatoms. The molecule has 0 aliphatic carbocycles. The largest absolute Gasteiger partial charge is 0.392 e. The molecular weight excluding hydrogens is 200 g/mol. The summed E-state index contributed by atoms with van der Waals surface area (Å²) in [5, 5.41) is 9.66. The van der Waals surface area contributed by atoms with Crippen LogP contribution < -0.4 is 0 Å². The number of hydrogen-bond acceptors (Lipinski definition) is 1. The molecule has 1 N–H and O–H groups in total. The summed E-state index contributed by atoms with van der Waals surface area (Å²) in [7, 11) is -1.24. The van der Waals surface area contributed by atoms with Crippen molar-refractivity contribution in [1.82, 2.24) is 0 Å². The predicted octanol–water partition coefficient (Wildman–Crippen LogP) is 3.59. The summed E-state index contributed by atoms with van der Waals surface area (Å²) in [6.45, 7) is 8.89. The van der Waals surface area contributed by atoms with Crippen molar-refractivity contribution in [3.05, 3.63) is 0 Å². The van der Waals surface area contributed by atoms with Crippen LogP contribution in [0.15, 0.2) is 0 Å². The van der Waals surface area contributed by atoms with E-state index in [0.717, 1.165) is 12.8 Å². The summed E-state index contributed by atoms with van der Waals surface area (Å²) in [6.07, 6.45) is 6.31. The molecule has 1 atom stereocenters. The first kappa shape index (κ1) is 14.7. The highest BCUT2D eigenvalue weighted by Crippen LogP contribution is 2.07. The van der Waals surface area contributed by atoms with Gasteiger partial charge in [-0.25, -0.2) is 0 Å². The van der Waals surface area contributed by atoms with Gasteiger partial charge in [-0.05, 0) is 6.42 Å². The molecule has 0 aliphatic rings. The van der Waals surface area contributed by atoms with Crippen LogP contribution in [0.3, 0.4) is 0 Å². The lowest BCUT2D eigenvalue weighted by atomic mass is 10.1. The maximum absolute atomic E-state index is 9.66. The van der Waals surface area contributed by atoms with Gasteiger partial charge in [0.25, 0.3) is 0 Å². The molecule has 0 aromatic carbocycles. The summed E-state index contributed by atoms with van der Waals surface area (Å²) in [6, 6.07) is 0. The van der Waals surface area contributed by atoms with Gasteiger partial charge in [-0.3, -0.25) is 0 Å². The third-order valence-electron chi connectivity index (χ3n) is 2.19. The smallest absolute Gasteiger partial charge is 0.129 e. The molecule has 0 amide bonds. The van der Waals surface area contributed by atoms with Crippen LogP contribution in [-0.2, 0) is 0 Å². The van der Waals surface area contributed by atoms with Gasteiger partial charge in [0.05, 0.1) is 6.10 Å². The highest BCUT2D eigenvalue weighted by molar-refractivity contribution is 6.83. The zero-order chi connectivity index (χ0) is 11.7. The van der Waals surface area contributed by atoms with E-state index in [1.165, 1.54) is 19.3 Å². The second-order valence-corrected chi connectivity index (χ2v) is 10.0. The summed E-state index contributed by atoms with van der Waals surface area (Å²) >= 11 is 0. The van der Waals surface area contributed by atoms with Crippen molar-refractivity contribution < 1.29 is 5.11 Å². The van der Waals surface area contributed by atoms with Crippen molar-refractivity contribution in [3.8, 4) is 11.5 Å². The van der Waals surface area contributed by atoms with Gasteiger partial charge in [-0.2, -0.15) is 0 Å². The standard InChI is InChI=1S/C13H26OSi/c1-5-6-7-8-10-13(14)11-9-12-15(2,3)4/h13-14H,5-8,10-11H2,1-4H3/t13-/m1/s1. The van der Waals surface area contributed by atoms with Crippen LogP contribution in [0.2, 0.25) is 19.6 Å². The highest BCUT2D eigenvalue weighted by atomic mass is 28.3. The minimum Gasteiger partial charge on any atom is -0.392 e. The van der Waals surface area contributed by atoms with Gasteiger partial charge in [0.15, 0.2) is 0 Å². The Labute approximate surface area is 96.3 Å². The van der Waals surface area contributed by atoms with E-state index in [-0.39, 0.29) is 6.10 Å². The monoisotopic (exact) mass is 226 g/mol. The van der Waals surface area contributed by atoms with Crippen molar-refractivity contribution in [1.29, 1.82) is 0 Å². The van der Waals surface area contributed by atoms with E-state index in [1.54, 1.807) is 0 Å². The van der Waals surface area contributed by atoms with Gasteiger partial charge < -0.3 is 5.11 Å². The molecule has 0 heterocycles. The Balaban J connectivity index is 3.56. The van der Waals surface area contributed by atoms with Crippen LogP contribution in [-0.4, -0.2) is 19.3 Å². The molecule has 88 valence electrons. The third kappa shape index (κ3) is 11.7. The fourth-order valence-corrected chi connectivity index (χ4v) is 1.98. The van der Waals surface area contributed by atoms with E-state index >= 15 is 0 Å². The van der Waals surface area contributed by atoms with Gasteiger partial charge in [0, 0.05) is 6.42 Å². The van der Waals surface area contributed by atoms with Gasteiger partial charge in [-0.15, -0.1) is 11.5 Å². The third-order valence-corrected chi connectivity index (χ3v) is 3.12. The van der Waals surface area contributed by atoms with Crippen molar-refractivity contribution in [3.63, 3.8) is 0 Å². The lowest BCUT2D eigenvalue weighted by molar-refractivity contribution is 0.166. The fourth-order valence-electron chi connectivity index (χ4n) is 1.34. The lowest BCUT2D eigenvalue weighted by Crippen LogP contribution is -2.16. The van der Waals surface area contributed by atoms with E-state index in [0.29, 0.717) is 6.42 Å². The topological polar surface area (TPSA) is 20.2 Å². The SMILES string of the molecule is CCCCCC[C@@H](O)CC#C[Si](C)(C)C. The molecule has 0 rings (SSSR count). The van der Waals surface area contributed by atoms with Gasteiger partial charge >= 0.3 is 0 Å². The second-order valence-electron chi connectivity index (χ2n) is 5.26. The summed E-state index contributed by atoms with van der Waals surface area (Å²) in [5.74, 6) is 3.13. The van der Waals surface area contributed by atoms with Crippen molar-refractivity contribution >= 4 is 8.07 Å². The molecule has 0 saturated heterocycles. The van der Waals surface area contributed by atoms with Crippen LogP contribution in [0.25, 0.3) is 0 Å². The number of unbranched alkanes of at least 4 members (excludes halogenated alkanes) is 3. The first-order chi connectivity index (χ1) is 6.95. The first-order valence-corrected chi connectivity index (χ1v) is 9.64. The summed E-state index contributed by atoms with van der Waals surface area (Å²) in [5.41, 5.74) is 3.28. The van der Waals surface area contributed by atoms with Crippen LogP contribution in [0.4, 0.5) is 0 Å². The number of aliphatic hydroxyl groups excluding tert-OH is 1. The first-order valence-electron chi connectivity index (χ1n) is 6.14. The second kappa shape index (κ2) is 7.96. The van der Waals surface area contributed by atoms with E-state index in [2.05, 4.69) is 38.0 Å². The zero-order valence-electron chi connectivity index (χ0n) is 10.8. The van der Waals surface area contributed by atoms with E-state index in [4.69, 9.17) is 0 Å². The molecule has 0 radical (unpaired) electrons. The molecule has 0 unspecified atom stereocenters. The van der Waals surface area contributed by atoms with E-state index in [1.807, 2.05) is 0 Å². The number of hydrogen-bond donors (Lipinski definition) is 1. The minimum atomic E-state index is -1.24. The Bertz CT molecular complexity index is 207. The van der Waals surface area contributed by atoms with Gasteiger partial charge in [0.2, 0.25) is 0 Å². The molecule has 0 aromatic rings. The van der Waals surface area contributed by atoms with E-state index in [9.17, 15) is 5.11 Å². The Morgan fingerprint density at radius 2 is 1.80 bits per heavy atom. The van der Waals surface area contributed by atoms with Crippen molar-refractivity contribution in [2.75, 3.05) is 0 Å². The Morgan fingerprint density at radius 1 is 1.13 bits per heavy atom. The van der Waals surface area contributed by atoms with Crippen LogP contribution >= 0.6 is 0 Å². The molecule has 0 aliphatic heterocycles. The fraction of sp³-hybridized carbons (Fsp3) is 0.846. The Hall–Kier alpha value is -0.263. The van der Waals surface area contributed by atoms with Crippen LogP contribution in [0.5, 0.6) is 0 Å². The van der Waals surface area contributed by atoms with Crippen molar-refractivity contribution in [2.24, 2.45) is 0 Å². The molecule has 1 nitrogen and oxygen atoms in total. The lowest BCUT2D eigenvalue weighted by Gasteiger charge is -2.07. The number of rotatable bonds is 6. The summed E-state index contributed by atoms with van der Waals surface area (Å²) < 4.78 is 0. The van der Waals surface area contributed by atoms with Crippen LogP contribution in [0, 0.1) is 11.5 Å². The average molecular weight is 226 g/mol. The Kier molecular flexibility index (Phi) is 7.82. The van der Waals surface area contributed by atoms with Crippen LogP contribution in [0.1, 0.15) is 45.4 Å². The number of aliphatic hydroxyl groups is 1. The molecule has 15 heavy (non-hydrogen) atoms. The highest BCUT2D eigenvalue weighted by Gasteiger charge is 2.08. The minimum absolute atomic E-state index is 0.203. The molecular formula is C13H26OSi. The zero-order valence-corrected chi connectivity index (χ0v) is 11.8. The van der Waals surface area contributed by atoms with Crippen molar-refractivity contribution in [2.45, 2.75) is 71.2 Å². The molecule has 0 bridgehead atoms. The quantitative estimate of drug-likeness (QED) is 0.417. The van der Waals surface area contributed by atoms with Gasteiger partial charge in [-0.1, -0.05) is 52.2 Å². The summed E-state index contributed by atoms with van der Waals surface area (Å²) in [4.78, 5) is 0. The average Bonchev–Trinajstić information content (AvgIpc) is 2.10. The van der Waals surface area contributed by atoms with Gasteiger partial charge in [0.1, 0.15) is 8.07 Å². The van der Waals surface area contributed by atoms with E-state index < -0.39 is 8.07 Å². The maximum atomic E-state index is 9.66. The molecule has 0 spiro atoms.